The molecule has 3 rings (SSSR count). The Bertz CT molecular complexity index is 688. The van der Waals surface area contributed by atoms with Crippen LogP contribution in [0, 0.1) is 0 Å². The summed E-state index contributed by atoms with van der Waals surface area (Å²) in [5.41, 5.74) is 9.14. The molecule has 0 aliphatic carbocycles. The van der Waals surface area contributed by atoms with Crippen LogP contribution in [0.1, 0.15) is 17.3 Å². The highest BCUT2D eigenvalue weighted by molar-refractivity contribution is 5.74. The van der Waals surface area contributed by atoms with Gasteiger partial charge in [0.25, 0.3) is 0 Å². The second-order valence-electron chi connectivity index (χ2n) is 4.59. The van der Waals surface area contributed by atoms with E-state index in [-0.39, 0.29) is 5.92 Å². The van der Waals surface area contributed by atoms with Gasteiger partial charge in [0.15, 0.2) is 0 Å². The molecule has 0 aliphatic rings. The van der Waals surface area contributed by atoms with Crippen molar-refractivity contribution in [2.24, 2.45) is 12.8 Å². The SMILES string of the molecule is Cn1c(C(CN)c2ccccc2)nc2ccncc21. The summed E-state index contributed by atoms with van der Waals surface area (Å²) in [7, 11) is 2.01. The molecule has 2 aromatic heterocycles. The van der Waals surface area contributed by atoms with Gasteiger partial charge in [-0.15, -0.1) is 0 Å². The summed E-state index contributed by atoms with van der Waals surface area (Å²) >= 11 is 0. The first-order chi connectivity index (χ1) is 9.31. The van der Waals surface area contributed by atoms with Crippen molar-refractivity contribution < 1.29 is 0 Å². The van der Waals surface area contributed by atoms with Crippen molar-refractivity contribution >= 4 is 11.0 Å². The Hall–Kier alpha value is -2.20. The van der Waals surface area contributed by atoms with Crippen molar-refractivity contribution in [1.82, 2.24) is 14.5 Å². The number of aromatic nitrogens is 3. The lowest BCUT2D eigenvalue weighted by atomic mass is 9.98. The first-order valence-electron chi connectivity index (χ1n) is 6.32. The molecule has 96 valence electrons. The highest BCUT2D eigenvalue weighted by Crippen LogP contribution is 2.25. The Morgan fingerprint density at radius 1 is 1.21 bits per heavy atom. The molecule has 4 nitrogen and oxygen atoms in total. The molecule has 1 atom stereocenters. The van der Waals surface area contributed by atoms with E-state index in [9.17, 15) is 0 Å². The molecule has 0 fully saturated rings. The van der Waals surface area contributed by atoms with Gasteiger partial charge in [-0.1, -0.05) is 30.3 Å². The van der Waals surface area contributed by atoms with Crippen LogP contribution < -0.4 is 5.73 Å². The predicted octanol–water partition coefficient (Wildman–Crippen LogP) is 2.06. The second kappa shape index (κ2) is 4.82. The minimum absolute atomic E-state index is 0.110. The summed E-state index contributed by atoms with van der Waals surface area (Å²) in [6.07, 6.45) is 3.60. The van der Waals surface area contributed by atoms with E-state index in [1.165, 1.54) is 5.56 Å². The summed E-state index contributed by atoms with van der Waals surface area (Å²) < 4.78 is 2.08. The number of hydrogen-bond donors (Lipinski definition) is 1. The zero-order valence-electron chi connectivity index (χ0n) is 10.8. The number of rotatable bonds is 3. The van der Waals surface area contributed by atoms with Crippen LogP contribution in [0.4, 0.5) is 0 Å². The Morgan fingerprint density at radius 2 is 2.00 bits per heavy atom. The molecule has 2 heterocycles. The summed E-state index contributed by atoms with van der Waals surface area (Å²) in [5, 5.41) is 0. The number of nitrogens with zero attached hydrogens (tertiary/aromatic N) is 3. The molecule has 0 saturated heterocycles. The van der Waals surface area contributed by atoms with E-state index >= 15 is 0 Å². The van der Waals surface area contributed by atoms with Crippen molar-refractivity contribution in [3.05, 3.63) is 60.2 Å². The second-order valence-corrected chi connectivity index (χ2v) is 4.59. The van der Waals surface area contributed by atoms with Crippen molar-refractivity contribution in [2.75, 3.05) is 6.54 Å². The van der Waals surface area contributed by atoms with E-state index in [1.807, 2.05) is 37.5 Å². The molecule has 0 aliphatic heterocycles. The van der Waals surface area contributed by atoms with Gasteiger partial charge in [-0.05, 0) is 11.6 Å². The van der Waals surface area contributed by atoms with Crippen LogP contribution >= 0.6 is 0 Å². The first-order valence-corrected chi connectivity index (χ1v) is 6.32. The largest absolute Gasteiger partial charge is 0.329 e. The molecule has 3 aromatic rings. The maximum atomic E-state index is 5.96. The van der Waals surface area contributed by atoms with Crippen molar-refractivity contribution in [3.63, 3.8) is 0 Å². The fourth-order valence-electron chi connectivity index (χ4n) is 2.44. The van der Waals surface area contributed by atoms with Gasteiger partial charge >= 0.3 is 0 Å². The molecule has 0 spiro atoms. The van der Waals surface area contributed by atoms with E-state index in [1.54, 1.807) is 6.20 Å². The van der Waals surface area contributed by atoms with Crippen LogP contribution in [-0.2, 0) is 7.05 Å². The van der Waals surface area contributed by atoms with Crippen LogP contribution in [0.2, 0.25) is 0 Å². The predicted molar refractivity (Wildman–Crippen MR) is 75.8 cm³/mol. The summed E-state index contributed by atoms with van der Waals surface area (Å²) in [6, 6.07) is 12.2. The molecule has 0 saturated carbocycles. The summed E-state index contributed by atoms with van der Waals surface area (Å²) in [5.74, 6) is 1.09. The van der Waals surface area contributed by atoms with Gasteiger partial charge < -0.3 is 10.3 Å². The highest BCUT2D eigenvalue weighted by atomic mass is 15.1. The van der Waals surface area contributed by atoms with Crippen molar-refractivity contribution in [2.45, 2.75) is 5.92 Å². The van der Waals surface area contributed by atoms with E-state index in [0.29, 0.717) is 6.54 Å². The third-order valence-electron chi connectivity index (χ3n) is 3.47. The third-order valence-corrected chi connectivity index (χ3v) is 3.47. The van der Waals surface area contributed by atoms with Gasteiger partial charge in [0.1, 0.15) is 5.82 Å². The zero-order valence-corrected chi connectivity index (χ0v) is 10.8. The molecule has 0 amide bonds. The summed E-state index contributed by atoms with van der Waals surface area (Å²) in [4.78, 5) is 8.86. The number of pyridine rings is 1. The van der Waals surface area contributed by atoms with E-state index in [2.05, 4.69) is 21.7 Å². The molecule has 0 radical (unpaired) electrons. The number of benzene rings is 1. The van der Waals surface area contributed by atoms with Crippen LogP contribution in [0.15, 0.2) is 48.8 Å². The Kier molecular flexibility index (Phi) is 3.01. The van der Waals surface area contributed by atoms with Gasteiger partial charge in [-0.2, -0.15) is 0 Å². The van der Waals surface area contributed by atoms with Crippen LogP contribution in [0.5, 0.6) is 0 Å². The minimum atomic E-state index is 0.110. The molecule has 1 unspecified atom stereocenters. The monoisotopic (exact) mass is 252 g/mol. The Labute approximate surface area is 111 Å². The molecular weight excluding hydrogens is 236 g/mol. The summed E-state index contributed by atoms with van der Waals surface area (Å²) in [6.45, 7) is 0.536. The molecule has 0 bridgehead atoms. The van der Waals surface area contributed by atoms with Crippen LogP contribution in [0.25, 0.3) is 11.0 Å². The quantitative estimate of drug-likeness (QED) is 0.776. The van der Waals surface area contributed by atoms with Gasteiger partial charge in [0, 0.05) is 19.8 Å². The first kappa shape index (κ1) is 11.9. The van der Waals surface area contributed by atoms with E-state index in [4.69, 9.17) is 10.7 Å². The van der Waals surface area contributed by atoms with Crippen LogP contribution in [0.3, 0.4) is 0 Å². The average molecular weight is 252 g/mol. The molecular formula is C15H16N4. The fraction of sp³-hybridized carbons (Fsp3) is 0.200. The van der Waals surface area contributed by atoms with Gasteiger partial charge in [-0.3, -0.25) is 4.98 Å². The maximum Gasteiger partial charge on any atom is 0.118 e. The van der Waals surface area contributed by atoms with E-state index in [0.717, 1.165) is 16.9 Å². The van der Waals surface area contributed by atoms with Gasteiger partial charge in [0.2, 0.25) is 0 Å². The smallest absolute Gasteiger partial charge is 0.118 e. The van der Waals surface area contributed by atoms with Crippen molar-refractivity contribution in [1.29, 1.82) is 0 Å². The lowest BCUT2D eigenvalue weighted by Gasteiger charge is -2.15. The molecule has 2 N–H and O–H groups in total. The standard InChI is InChI=1S/C15H16N4/c1-19-14-10-17-8-7-13(14)18-15(19)12(9-16)11-5-3-2-4-6-11/h2-8,10,12H,9,16H2,1H3. The maximum absolute atomic E-state index is 5.96. The highest BCUT2D eigenvalue weighted by Gasteiger charge is 2.18. The Balaban J connectivity index is 2.14. The lowest BCUT2D eigenvalue weighted by Crippen LogP contribution is -2.17. The molecule has 4 heteroatoms. The normalized spacial score (nSPS) is 12.7. The molecule has 1 aromatic carbocycles. The lowest BCUT2D eigenvalue weighted by molar-refractivity contribution is 0.708. The van der Waals surface area contributed by atoms with Crippen molar-refractivity contribution in [3.8, 4) is 0 Å². The van der Waals surface area contributed by atoms with Gasteiger partial charge in [-0.25, -0.2) is 4.98 Å². The fourth-order valence-corrected chi connectivity index (χ4v) is 2.44. The van der Waals surface area contributed by atoms with E-state index < -0.39 is 0 Å². The average Bonchev–Trinajstić information content (AvgIpc) is 2.79. The number of hydrogen-bond acceptors (Lipinski definition) is 3. The Morgan fingerprint density at radius 3 is 2.68 bits per heavy atom. The topological polar surface area (TPSA) is 56.7 Å². The number of aryl methyl sites for hydroxylation is 1. The van der Waals surface area contributed by atoms with Crippen LogP contribution in [-0.4, -0.2) is 21.1 Å². The van der Waals surface area contributed by atoms with Gasteiger partial charge in [0.05, 0.1) is 23.1 Å². The minimum Gasteiger partial charge on any atom is -0.329 e. The number of imidazole rings is 1. The molecule has 19 heavy (non-hydrogen) atoms. The third kappa shape index (κ3) is 2.00. The number of nitrogens with two attached hydrogens (primary N) is 1. The number of fused-ring (bicyclic) bond motifs is 1. The zero-order chi connectivity index (χ0) is 13.2.